The van der Waals surface area contributed by atoms with Gasteiger partial charge in [0.2, 0.25) is 0 Å². The van der Waals surface area contributed by atoms with Crippen LogP contribution in [0.4, 0.5) is 0 Å². The molecule has 1 aromatic carbocycles. The fraction of sp³-hybridized carbons (Fsp3) is 0.429. The van der Waals surface area contributed by atoms with Gasteiger partial charge in [-0.05, 0) is 42.5 Å². The van der Waals surface area contributed by atoms with Crippen molar-refractivity contribution in [2.75, 3.05) is 0 Å². The lowest BCUT2D eigenvalue weighted by Gasteiger charge is -2.18. The fourth-order valence-corrected chi connectivity index (χ4v) is 1.81. The van der Waals surface area contributed by atoms with Gasteiger partial charge in [-0.3, -0.25) is 0 Å². The maximum Gasteiger partial charge on any atom is 0.134 e. The van der Waals surface area contributed by atoms with Gasteiger partial charge in [-0.1, -0.05) is 26.8 Å². The minimum absolute atomic E-state index is 0.200. The summed E-state index contributed by atoms with van der Waals surface area (Å²) >= 11 is 0. The van der Waals surface area contributed by atoms with Crippen molar-refractivity contribution in [1.82, 2.24) is 0 Å². The average Bonchev–Trinajstić information content (AvgIpc) is 2.41. The Labute approximate surface area is 91.1 Å². The quantitative estimate of drug-likeness (QED) is 0.619. The van der Waals surface area contributed by atoms with Gasteiger partial charge in [0.25, 0.3) is 0 Å². The van der Waals surface area contributed by atoms with Crippen LogP contribution in [-0.4, -0.2) is 0 Å². The van der Waals surface area contributed by atoms with E-state index >= 15 is 0 Å². The van der Waals surface area contributed by atoms with E-state index in [0.717, 1.165) is 11.3 Å². The number of hydrogen-bond acceptors (Lipinski definition) is 1. The normalized spacial score (nSPS) is 12.3. The van der Waals surface area contributed by atoms with Crippen LogP contribution < -0.4 is 0 Å². The van der Waals surface area contributed by atoms with Crippen molar-refractivity contribution in [1.29, 1.82) is 0 Å². The zero-order valence-electron chi connectivity index (χ0n) is 10.1. The van der Waals surface area contributed by atoms with E-state index in [-0.39, 0.29) is 5.41 Å². The van der Waals surface area contributed by atoms with Crippen LogP contribution in [0.2, 0.25) is 0 Å². The molecule has 0 saturated heterocycles. The van der Waals surface area contributed by atoms with Gasteiger partial charge in [-0.2, -0.15) is 0 Å². The first-order chi connectivity index (χ1) is 6.89. The lowest BCUT2D eigenvalue weighted by Crippen LogP contribution is -2.10. The van der Waals surface area contributed by atoms with E-state index in [1.165, 1.54) is 16.5 Å². The van der Waals surface area contributed by atoms with Gasteiger partial charge in [0.15, 0.2) is 0 Å². The zero-order chi connectivity index (χ0) is 11.2. The summed E-state index contributed by atoms with van der Waals surface area (Å²) in [4.78, 5) is 0. The second-order valence-electron chi connectivity index (χ2n) is 5.24. The minimum atomic E-state index is 0.200. The molecule has 0 radical (unpaired) electrons. The Hall–Kier alpha value is -1.24. The van der Waals surface area contributed by atoms with Crippen molar-refractivity contribution < 1.29 is 4.42 Å². The molecule has 1 heterocycles. The summed E-state index contributed by atoms with van der Waals surface area (Å²) in [6.45, 7) is 10.8. The molecule has 1 aromatic heterocycles. The molecular weight excluding hydrogens is 184 g/mol. The zero-order valence-corrected chi connectivity index (χ0v) is 10.1. The Morgan fingerprint density at radius 2 is 1.73 bits per heavy atom. The van der Waals surface area contributed by atoms with Crippen LogP contribution in [0.5, 0.6) is 0 Å². The van der Waals surface area contributed by atoms with Crippen molar-refractivity contribution in [3.8, 4) is 0 Å². The molecule has 0 amide bonds. The molecule has 1 nitrogen and oxygen atoms in total. The summed E-state index contributed by atoms with van der Waals surface area (Å²) in [7, 11) is 0. The molecule has 0 atom stereocenters. The van der Waals surface area contributed by atoms with E-state index in [2.05, 4.69) is 45.9 Å². The summed E-state index contributed by atoms with van der Waals surface area (Å²) in [6.07, 6.45) is 0. The second kappa shape index (κ2) is 3.13. The summed E-state index contributed by atoms with van der Waals surface area (Å²) in [5, 5.41) is 1.25. The molecule has 80 valence electrons. The number of rotatable bonds is 0. The third-order valence-electron chi connectivity index (χ3n) is 3.04. The maximum absolute atomic E-state index is 5.67. The van der Waals surface area contributed by atoms with Crippen molar-refractivity contribution in [2.45, 2.75) is 40.0 Å². The van der Waals surface area contributed by atoms with Crippen LogP contribution in [0.25, 0.3) is 11.0 Å². The van der Waals surface area contributed by atoms with Crippen molar-refractivity contribution in [2.24, 2.45) is 0 Å². The maximum atomic E-state index is 5.67. The highest BCUT2D eigenvalue weighted by Crippen LogP contribution is 2.30. The van der Waals surface area contributed by atoms with E-state index in [4.69, 9.17) is 4.42 Å². The molecule has 2 rings (SSSR count). The van der Waals surface area contributed by atoms with Gasteiger partial charge in [0, 0.05) is 5.39 Å². The minimum Gasteiger partial charge on any atom is -0.461 e. The van der Waals surface area contributed by atoms with Gasteiger partial charge in [-0.25, -0.2) is 0 Å². The second-order valence-corrected chi connectivity index (χ2v) is 5.24. The number of fused-ring (bicyclic) bond motifs is 1. The SMILES string of the molecule is Cc1oc2ccc(C(C)(C)C)cc2c1C. The topological polar surface area (TPSA) is 13.1 Å². The first kappa shape index (κ1) is 10.3. The fourth-order valence-electron chi connectivity index (χ4n) is 1.81. The van der Waals surface area contributed by atoms with Crippen molar-refractivity contribution in [3.63, 3.8) is 0 Å². The van der Waals surface area contributed by atoms with E-state index < -0.39 is 0 Å². The van der Waals surface area contributed by atoms with Crippen LogP contribution in [0.3, 0.4) is 0 Å². The molecule has 0 bridgehead atoms. The number of hydrogen-bond donors (Lipinski definition) is 0. The highest BCUT2D eigenvalue weighted by atomic mass is 16.3. The molecule has 0 aliphatic carbocycles. The molecular formula is C14H18O. The van der Waals surface area contributed by atoms with E-state index in [9.17, 15) is 0 Å². The third-order valence-corrected chi connectivity index (χ3v) is 3.04. The molecule has 0 aliphatic heterocycles. The van der Waals surface area contributed by atoms with Gasteiger partial charge < -0.3 is 4.42 Å². The van der Waals surface area contributed by atoms with Crippen LogP contribution in [0, 0.1) is 13.8 Å². The largest absolute Gasteiger partial charge is 0.461 e. The number of furan rings is 1. The average molecular weight is 202 g/mol. The molecule has 0 fully saturated rings. The molecule has 0 aliphatic rings. The monoisotopic (exact) mass is 202 g/mol. The molecule has 0 N–H and O–H groups in total. The Kier molecular flexibility index (Phi) is 2.14. The van der Waals surface area contributed by atoms with Crippen LogP contribution in [0.1, 0.15) is 37.7 Å². The van der Waals surface area contributed by atoms with E-state index in [1.807, 2.05) is 6.92 Å². The van der Waals surface area contributed by atoms with Gasteiger partial charge in [-0.15, -0.1) is 0 Å². The number of benzene rings is 1. The molecule has 0 saturated carbocycles. The predicted molar refractivity (Wildman–Crippen MR) is 64.4 cm³/mol. The molecule has 2 aromatic rings. The summed E-state index contributed by atoms with van der Waals surface area (Å²) < 4.78 is 5.67. The Morgan fingerprint density at radius 3 is 2.33 bits per heavy atom. The summed E-state index contributed by atoms with van der Waals surface area (Å²) in [5.41, 5.74) is 3.82. The van der Waals surface area contributed by atoms with Gasteiger partial charge in [0.1, 0.15) is 11.3 Å². The highest BCUT2D eigenvalue weighted by Gasteiger charge is 2.15. The van der Waals surface area contributed by atoms with E-state index in [1.54, 1.807) is 0 Å². The standard InChI is InChI=1S/C14H18O/c1-9-10(2)15-13-7-6-11(8-12(9)13)14(3,4)5/h6-8H,1-5H3. The molecule has 0 unspecified atom stereocenters. The van der Waals surface area contributed by atoms with Crippen LogP contribution in [-0.2, 0) is 5.41 Å². The predicted octanol–water partition coefficient (Wildman–Crippen LogP) is 4.35. The first-order valence-corrected chi connectivity index (χ1v) is 5.40. The Balaban J connectivity index is 2.70. The lowest BCUT2D eigenvalue weighted by molar-refractivity contribution is 0.573. The van der Waals surface area contributed by atoms with Gasteiger partial charge >= 0.3 is 0 Å². The summed E-state index contributed by atoms with van der Waals surface area (Å²) in [6, 6.07) is 6.49. The smallest absolute Gasteiger partial charge is 0.134 e. The number of aryl methyl sites for hydroxylation is 2. The molecule has 15 heavy (non-hydrogen) atoms. The summed E-state index contributed by atoms with van der Waals surface area (Å²) in [5.74, 6) is 1.02. The van der Waals surface area contributed by atoms with Crippen molar-refractivity contribution in [3.05, 3.63) is 35.1 Å². The Morgan fingerprint density at radius 1 is 1.07 bits per heavy atom. The molecule has 0 spiro atoms. The molecule has 1 heteroatoms. The van der Waals surface area contributed by atoms with Crippen molar-refractivity contribution >= 4 is 11.0 Å². The van der Waals surface area contributed by atoms with Gasteiger partial charge in [0.05, 0.1) is 0 Å². The first-order valence-electron chi connectivity index (χ1n) is 5.40. The Bertz CT molecular complexity index is 498. The lowest BCUT2D eigenvalue weighted by atomic mass is 9.86. The highest BCUT2D eigenvalue weighted by molar-refractivity contribution is 5.82. The van der Waals surface area contributed by atoms with E-state index in [0.29, 0.717) is 0 Å². The van der Waals surface area contributed by atoms with Crippen LogP contribution >= 0.6 is 0 Å². The van der Waals surface area contributed by atoms with Crippen LogP contribution in [0.15, 0.2) is 22.6 Å². The third kappa shape index (κ3) is 1.67.